The van der Waals surface area contributed by atoms with Gasteiger partial charge in [-0.3, -0.25) is 0 Å². The molecule has 0 spiro atoms. The van der Waals surface area contributed by atoms with Crippen LogP contribution in [0.2, 0.25) is 0 Å². The van der Waals surface area contributed by atoms with Crippen molar-refractivity contribution in [3.8, 4) is 0 Å². The van der Waals surface area contributed by atoms with E-state index in [4.69, 9.17) is 0 Å². The highest BCUT2D eigenvalue weighted by molar-refractivity contribution is 4.79. The van der Waals surface area contributed by atoms with E-state index >= 15 is 0 Å². The van der Waals surface area contributed by atoms with Crippen LogP contribution in [0.4, 0.5) is 0 Å². The molecule has 0 aliphatic carbocycles. The Morgan fingerprint density at radius 2 is 1.79 bits per heavy atom. The van der Waals surface area contributed by atoms with Crippen LogP contribution in [0.3, 0.4) is 0 Å². The average molecular weight is 202 g/mol. The molecule has 3 heteroatoms. The molecule has 2 unspecified atom stereocenters. The molecular formula is C11H26N2O. The molecule has 2 N–H and O–H groups in total. The molecule has 0 saturated heterocycles. The van der Waals surface area contributed by atoms with Crippen LogP contribution >= 0.6 is 0 Å². The maximum Gasteiger partial charge on any atom is 0.0766 e. The van der Waals surface area contributed by atoms with Gasteiger partial charge in [-0.2, -0.15) is 0 Å². The predicted octanol–water partition coefficient (Wildman–Crippen LogP) is 0.933. The van der Waals surface area contributed by atoms with E-state index in [1.807, 2.05) is 20.8 Å². The molecule has 0 fully saturated rings. The van der Waals surface area contributed by atoms with E-state index in [2.05, 4.69) is 31.2 Å². The van der Waals surface area contributed by atoms with Gasteiger partial charge in [0, 0.05) is 19.1 Å². The zero-order valence-electron chi connectivity index (χ0n) is 10.5. The molecule has 0 rings (SSSR count). The Kier molecular flexibility index (Phi) is 5.64. The van der Waals surface area contributed by atoms with Crippen molar-refractivity contribution in [2.24, 2.45) is 5.92 Å². The van der Waals surface area contributed by atoms with Gasteiger partial charge < -0.3 is 15.3 Å². The zero-order chi connectivity index (χ0) is 11.4. The van der Waals surface area contributed by atoms with Gasteiger partial charge in [-0.1, -0.05) is 13.8 Å². The lowest BCUT2D eigenvalue weighted by Crippen LogP contribution is -2.45. The molecule has 0 aromatic rings. The molecule has 0 amide bonds. The number of rotatable bonds is 6. The van der Waals surface area contributed by atoms with E-state index in [0.29, 0.717) is 12.6 Å². The minimum Gasteiger partial charge on any atom is -0.389 e. The minimum atomic E-state index is -0.605. The molecule has 0 bridgehead atoms. The fourth-order valence-electron chi connectivity index (χ4n) is 0.921. The molecule has 86 valence electrons. The summed E-state index contributed by atoms with van der Waals surface area (Å²) in [7, 11) is 4.12. The first-order valence-corrected chi connectivity index (χ1v) is 5.37. The third-order valence-electron chi connectivity index (χ3n) is 3.05. The topological polar surface area (TPSA) is 35.5 Å². The van der Waals surface area contributed by atoms with Crippen LogP contribution in [0.25, 0.3) is 0 Å². The molecule has 0 aliphatic rings. The summed E-state index contributed by atoms with van der Waals surface area (Å²) in [5.74, 6) is 0.282. The van der Waals surface area contributed by atoms with Gasteiger partial charge in [-0.05, 0) is 33.9 Å². The fraction of sp³-hybridized carbons (Fsp3) is 1.00. The van der Waals surface area contributed by atoms with Gasteiger partial charge in [0.1, 0.15) is 0 Å². The van der Waals surface area contributed by atoms with E-state index in [-0.39, 0.29) is 5.92 Å². The van der Waals surface area contributed by atoms with E-state index in [1.165, 1.54) is 0 Å². The molecule has 0 aromatic carbocycles. The van der Waals surface area contributed by atoms with Gasteiger partial charge >= 0.3 is 0 Å². The zero-order valence-corrected chi connectivity index (χ0v) is 10.5. The first-order valence-electron chi connectivity index (χ1n) is 5.37. The van der Waals surface area contributed by atoms with E-state index < -0.39 is 5.60 Å². The summed E-state index contributed by atoms with van der Waals surface area (Å²) in [4.78, 5) is 2.16. The second kappa shape index (κ2) is 5.69. The Hall–Kier alpha value is -0.120. The van der Waals surface area contributed by atoms with Gasteiger partial charge in [-0.15, -0.1) is 0 Å². The smallest absolute Gasteiger partial charge is 0.0766 e. The summed E-state index contributed by atoms with van der Waals surface area (Å²) in [6.45, 7) is 9.69. The summed E-state index contributed by atoms with van der Waals surface area (Å²) in [6.07, 6.45) is 0. The number of aliphatic hydroxyl groups is 1. The van der Waals surface area contributed by atoms with Crippen molar-refractivity contribution in [1.82, 2.24) is 10.2 Å². The number of hydrogen-bond acceptors (Lipinski definition) is 3. The Morgan fingerprint density at radius 3 is 2.14 bits per heavy atom. The largest absolute Gasteiger partial charge is 0.389 e. The Balaban J connectivity index is 3.74. The molecule has 14 heavy (non-hydrogen) atoms. The van der Waals surface area contributed by atoms with Crippen LogP contribution in [0.1, 0.15) is 27.7 Å². The molecule has 2 atom stereocenters. The van der Waals surface area contributed by atoms with Crippen molar-refractivity contribution in [2.45, 2.75) is 39.3 Å². The first-order chi connectivity index (χ1) is 6.27. The van der Waals surface area contributed by atoms with E-state index in [0.717, 1.165) is 6.54 Å². The maximum absolute atomic E-state index is 9.97. The molecular weight excluding hydrogens is 176 g/mol. The molecule has 0 aromatic heterocycles. The number of likely N-dealkylation sites (N-methyl/N-ethyl adjacent to an activating group) is 1. The normalized spacial score (nSPS) is 18.6. The van der Waals surface area contributed by atoms with E-state index in [1.54, 1.807) is 0 Å². The van der Waals surface area contributed by atoms with Crippen molar-refractivity contribution in [3.05, 3.63) is 0 Å². The summed E-state index contributed by atoms with van der Waals surface area (Å²) in [5, 5.41) is 13.3. The van der Waals surface area contributed by atoms with Crippen LogP contribution < -0.4 is 5.32 Å². The maximum atomic E-state index is 9.97. The lowest BCUT2D eigenvalue weighted by atomic mass is 9.92. The summed E-state index contributed by atoms with van der Waals surface area (Å²) in [5.41, 5.74) is -0.605. The molecule has 0 heterocycles. The van der Waals surface area contributed by atoms with Gasteiger partial charge in [0.2, 0.25) is 0 Å². The minimum absolute atomic E-state index is 0.282. The lowest BCUT2D eigenvalue weighted by Gasteiger charge is -2.29. The highest BCUT2D eigenvalue weighted by Crippen LogP contribution is 2.14. The second-order valence-electron chi connectivity index (χ2n) is 4.96. The number of hydrogen-bond donors (Lipinski definition) is 2. The third-order valence-corrected chi connectivity index (χ3v) is 3.05. The first kappa shape index (κ1) is 13.9. The van der Waals surface area contributed by atoms with Crippen LogP contribution in [0.15, 0.2) is 0 Å². The van der Waals surface area contributed by atoms with Gasteiger partial charge in [0.05, 0.1) is 5.60 Å². The second-order valence-corrected chi connectivity index (χ2v) is 4.96. The number of nitrogens with zero attached hydrogens (tertiary/aromatic N) is 1. The van der Waals surface area contributed by atoms with E-state index in [9.17, 15) is 5.11 Å². The molecule has 0 radical (unpaired) electrons. The lowest BCUT2D eigenvalue weighted by molar-refractivity contribution is 0.0134. The van der Waals surface area contributed by atoms with Crippen molar-refractivity contribution >= 4 is 0 Å². The van der Waals surface area contributed by atoms with Crippen LogP contribution in [-0.4, -0.2) is 48.8 Å². The third kappa shape index (κ3) is 4.94. The van der Waals surface area contributed by atoms with Crippen LogP contribution in [0.5, 0.6) is 0 Å². The average Bonchev–Trinajstić information content (AvgIpc) is 2.03. The van der Waals surface area contributed by atoms with Crippen LogP contribution in [-0.2, 0) is 0 Å². The molecule has 0 aliphatic heterocycles. The summed E-state index contributed by atoms with van der Waals surface area (Å²) < 4.78 is 0. The monoisotopic (exact) mass is 202 g/mol. The predicted molar refractivity (Wildman–Crippen MR) is 61.5 cm³/mol. The Labute approximate surface area is 88.5 Å². The molecule has 0 saturated carbocycles. The van der Waals surface area contributed by atoms with Gasteiger partial charge in [0.25, 0.3) is 0 Å². The van der Waals surface area contributed by atoms with Crippen molar-refractivity contribution in [2.75, 3.05) is 27.2 Å². The van der Waals surface area contributed by atoms with Gasteiger partial charge in [0.15, 0.2) is 0 Å². The van der Waals surface area contributed by atoms with Crippen molar-refractivity contribution < 1.29 is 5.11 Å². The van der Waals surface area contributed by atoms with Crippen molar-refractivity contribution in [1.29, 1.82) is 0 Å². The van der Waals surface area contributed by atoms with Crippen molar-refractivity contribution in [3.63, 3.8) is 0 Å². The van der Waals surface area contributed by atoms with Crippen LogP contribution in [0, 0.1) is 5.92 Å². The summed E-state index contributed by atoms with van der Waals surface area (Å²) >= 11 is 0. The van der Waals surface area contributed by atoms with Gasteiger partial charge in [-0.25, -0.2) is 0 Å². The highest BCUT2D eigenvalue weighted by Gasteiger charge is 2.24. The fourth-order valence-corrected chi connectivity index (χ4v) is 0.921. The number of nitrogens with one attached hydrogen (secondary N) is 1. The Morgan fingerprint density at radius 1 is 1.29 bits per heavy atom. The summed E-state index contributed by atoms with van der Waals surface area (Å²) in [6, 6.07) is 0.498. The SMILES string of the molecule is CC(CNCC(C)(O)C(C)C)N(C)C. The highest BCUT2D eigenvalue weighted by atomic mass is 16.3. The molecule has 3 nitrogen and oxygen atoms in total. The standard InChI is InChI=1S/C11H26N2O/c1-9(2)11(4,14)8-12-7-10(3)13(5)6/h9-10,12,14H,7-8H2,1-6H3. The Bertz CT molecular complexity index is 155. The quantitative estimate of drug-likeness (QED) is 0.673.